The van der Waals surface area contributed by atoms with E-state index in [9.17, 15) is 13.8 Å². The lowest BCUT2D eigenvalue weighted by molar-refractivity contribution is -0.124. The minimum absolute atomic E-state index is 0.0665. The van der Waals surface area contributed by atoms with Crippen LogP contribution >= 0.6 is 0 Å². The molecule has 4 atom stereocenters. The van der Waals surface area contributed by atoms with Crippen molar-refractivity contribution in [3.8, 4) is 0 Å². The Morgan fingerprint density at radius 3 is 2.60 bits per heavy atom. The zero-order valence-electron chi connectivity index (χ0n) is 15.0. The summed E-state index contributed by atoms with van der Waals surface area (Å²) in [7, 11) is -1.20. The molecule has 1 fully saturated rings. The van der Waals surface area contributed by atoms with Gasteiger partial charge in [0.2, 0.25) is 0 Å². The van der Waals surface area contributed by atoms with Crippen LogP contribution in [0.5, 0.6) is 0 Å². The molecular weight excluding hydrogens is 334 g/mol. The fourth-order valence-corrected chi connectivity index (χ4v) is 5.72. The Morgan fingerprint density at radius 2 is 1.96 bits per heavy atom. The Hall–Kier alpha value is -1.59. The van der Waals surface area contributed by atoms with Crippen LogP contribution in [-0.2, 0) is 20.4 Å². The van der Waals surface area contributed by atoms with Crippen molar-refractivity contribution in [2.75, 3.05) is 12.3 Å². The first kappa shape index (κ1) is 18.2. The molecule has 0 bridgehead atoms. The lowest BCUT2D eigenvalue weighted by atomic mass is 9.69. The van der Waals surface area contributed by atoms with Gasteiger partial charge in [0, 0.05) is 30.2 Å². The number of hydrogen-bond donors (Lipinski definition) is 1. The van der Waals surface area contributed by atoms with Gasteiger partial charge in [0.15, 0.2) is 5.78 Å². The highest BCUT2D eigenvalue weighted by Crippen LogP contribution is 2.44. The van der Waals surface area contributed by atoms with Gasteiger partial charge in [0.05, 0.1) is 22.1 Å². The Bertz CT molecular complexity index is 753. The zero-order chi connectivity index (χ0) is 18.2. The number of nitrogens with one attached hydrogen (secondary N) is 1. The van der Waals surface area contributed by atoms with Crippen molar-refractivity contribution < 1.29 is 13.8 Å². The molecule has 2 aliphatic rings. The maximum Gasteiger partial charge on any atom is 0.156 e. The second kappa shape index (κ2) is 6.96. The highest BCUT2D eigenvalue weighted by molar-refractivity contribution is 7.85. The summed E-state index contributed by atoms with van der Waals surface area (Å²) >= 11 is 0. The van der Waals surface area contributed by atoms with E-state index in [1.807, 2.05) is 45.0 Å². The predicted molar refractivity (Wildman–Crippen MR) is 98.8 cm³/mol. The first-order valence-corrected chi connectivity index (χ1v) is 10.1. The van der Waals surface area contributed by atoms with E-state index in [-0.39, 0.29) is 23.4 Å². The standard InChI is InChI=1S/C20H25NO3S/c1-4-19(23)17-11-21-20(14(3)9-15(22)10-18(17)20)12-25(24)16-7-5-13(2)6-8-16/h5-9,17-18,21H,4,10-12H2,1-3H3/t17-,18+,20+,25?/m0/s1. The number of hydrogen-bond acceptors (Lipinski definition) is 4. The van der Waals surface area contributed by atoms with Gasteiger partial charge in [0.1, 0.15) is 5.78 Å². The van der Waals surface area contributed by atoms with Crippen molar-refractivity contribution in [3.05, 3.63) is 41.5 Å². The van der Waals surface area contributed by atoms with Crippen molar-refractivity contribution in [1.82, 2.24) is 5.32 Å². The third kappa shape index (κ3) is 3.27. The molecule has 4 nitrogen and oxygen atoms in total. The van der Waals surface area contributed by atoms with Crippen LogP contribution in [0, 0.1) is 18.8 Å². The van der Waals surface area contributed by atoms with Gasteiger partial charge in [-0.05, 0) is 43.5 Å². The van der Waals surface area contributed by atoms with Crippen LogP contribution in [0.3, 0.4) is 0 Å². The highest BCUT2D eigenvalue weighted by Gasteiger charge is 2.54. The molecule has 0 spiro atoms. The number of allylic oxidation sites excluding steroid dienone is 1. The van der Waals surface area contributed by atoms with Crippen LogP contribution in [0.1, 0.15) is 32.3 Å². The summed E-state index contributed by atoms with van der Waals surface area (Å²) in [5.74, 6) is 0.364. The molecule has 1 aliphatic heterocycles. The molecule has 134 valence electrons. The van der Waals surface area contributed by atoms with E-state index < -0.39 is 16.3 Å². The van der Waals surface area contributed by atoms with Crippen molar-refractivity contribution in [3.63, 3.8) is 0 Å². The average molecular weight is 359 g/mol. The topological polar surface area (TPSA) is 63.2 Å². The first-order valence-electron chi connectivity index (χ1n) is 8.81. The SMILES string of the molecule is CCC(=O)[C@H]1CN[C@]2(CS(=O)c3ccc(C)cc3)C(C)=CC(=O)C[C@H]12. The molecule has 1 aliphatic carbocycles. The van der Waals surface area contributed by atoms with E-state index in [2.05, 4.69) is 5.32 Å². The fraction of sp³-hybridized carbons (Fsp3) is 0.500. The number of aryl methyl sites for hydroxylation is 1. The number of carbonyl (C=O) groups is 2. The zero-order valence-corrected chi connectivity index (χ0v) is 15.8. The van der Waals surface area contributed by atoms with Gasteiger partial charge in [-0.15, -0.1) is 0 Å². The van der Waals surface area contributed by atoms with Gasteiger partial charge >= 0.3 is 0 Å². The number of Topliss-reactive ketones (excluding diaryl/α,β-unsaturated/α-hetero) is 1. The van der Waals surface area contributed by atoms with E-state index >= 15 is 0 Å². The maximum atomic E-state index is 13.0. The summed E-state index contributed by atoms with van der Waals surface area (Å²) in [5.41, 5.74) is 1.50. The van der Waals surface area contributed by atoms with Gasteiger partial charge in [-0.1, -0.05) is 24.6 Å². The van der Waals surface area contributed by atoms with E-state index in [1.165, 1.54) is 0 Å². The van der Waals surface area contributed by atoms with E-state index in [1.54, 1.807) is 6.08 Å². The quantitative estimate of drug-likeness (QED) is 0.878. The fourth-order valence-electron chi connectivity index (χ4n) is 4.16. The Morgan fingerprint density at radius 1 is 1.28 bits per heavy atom. The van der Waals surface area contributed by atoms with Gasteiger partial charge in [0.25, 0.3) is 0 Å². The molecule has 0 aromatic heterocycles. The molecule has 1 aromatic rings. The molecule has 0 radical (unpaired) electrons. The summed E-state index contributed by atoms with van der Waals surface area (Å²) in [6.45, 7) is 6.34. The molecule has 1 saturated heterocycles. The number of ketones is 2. The highest BCUT2D eigenvalue weighted by atomic mass is 32.2. The van der Waals surface area contributed by atoms with E-state index in [4.69, 9.17) is 0 Å². The second-order valence-corrected chi connectivity index (χ2v) is 8.64. The first-order chi connectivity index (χ1) is 11.9. The Balaban J connectivity index is 1.93. The number of rotatable bonds is 5. The van der Waals surface area contributed by atoms with Crippen molar-refractivity contribution in [2.45, 2.75) is 44.0 Å². The van der Waals surface area contributed by atoms with Crippen molar-refractivity contribution >= 4 is 22.4 Å². The van der Waals surface area contributed by atoms with Crippen LogP contribution < -0.4 is 5.32 Å². The minimum Gasteiger partial charge on any atom is -0.306 e. The van der Waals surface area contributed by atoms with Crippen LogP contribution in [0.15, 0.2) is 40.8 Å². The van der Waals surface area contributed by atoms with Gasteiger partial charge in [-0.25, -0.2) is 0 Å². The Labute approximate surface area is 151 Å². The smallest absolute Gasteiger partial charge is 0.156 e. The third-order valence-electron chi connectivity index (χ3n) is 5.66. The van der Waals surface area contributed by atoms with Crippen molar-refractivity contribution in [2.24, 2.45) is 11.8 Å². The lowest BCUT2D eigenvalue weighted by Crippen LogP contribution is -2.53. The van der Waals surface area contributed by atoms with Crippen LogP contribution in [0.25, 0.3) is 0 Å². The number of fused-ring (bicyclic) bond motifs is 1. The van der Waals surface area contributed by atoms with E-state index in [0.717, 1.165) is 16.0 Å². The number of carbonyl (C=O) groups excluding carboxylic acids is 2. The molecule has 0 saturated carbocycles. The minimum atomic E-state index is -1.20. The molecule has 25 heavy (non-hydrogen) atoms. The van der Waals surface area contributed by atoms with Gasteiger partial charge < -0.3 is 5.32 Å². The van der Waals surface area contributed by atoms with Gasteiger partial charge in [-0.3, -0.25) is 13.8 Å². The molecule has 0 amide bonds. The largest absolute Gasteiger partial charge is 0.306 e. The van der Waals surface area contributed by atoms with Crippen LogP contribution in [0.4, 0.5) is 0 Å². The monoisotopic (exact) mass is 359 g/mol. The molecule has 3 rings (SSSR count). The van der Waals surface area contributed by atoms with Gasteiger partial charge in [-0.2, -0.15) is 0 Å². The Kier molecular flexibility index (Phi) is 5.07. The predicted octanol–water partition coefficient (Wildman–Crippen LogP) is 2.58. The van der Waals surface area contributed by atoms with Crippen LogP contribution in [0.2, 0.25) is 0 Å². The average Bonchev–Trinajstić information content (AvgIpc) is 2.94. The molecule has 1 N–H and O–H groups in total. The maximum absolute atomic E-state index is 13.0. The normalized spacial score (nSPS) is 29.9. The molecule has 1 heterocycles. The third-order valence-corrected chi connectivity index (χ3v) is 7.18. The van der Waals surface area contributed by atoms with Crippen LogP contribution in [-0.4, -0.2) is 33.6 Å². The number of benzene rings is 1. The molecule has 5 heteroatoms. The lowest BCUT2D eigenvalue weighted by Gasteiger charge is -2.40. The van der Waals surface area contributed by atoms with Crippen molar-refractivity contribution in [1.29, 1.82) is 0 Å². The summed E-state index contributed by atoms with van der Waals surface area (Å²) in [4.78, 5) is 25.3. The van der Waals surface area contributed by atoms with E-state index in [0.29, 0.717) is 25.1 Å². The summed E-state index contributed by atoms with van der Waals surface area (Å²) in [5, 5.41) is 3.49. The second-order valence-electron chi connectivity index (χ2n) is 7.19. The summed E-state index contributed by atoms with van der Waals surface area (Å²) in [6.07, 6.45) is 2.48. The molecular formula is C20H25NO3S. The summed E-state index contributed by atoms with van der Waals surface area (Å²) < 4.78 is 13.0. The molecule has 1 unspecified atom stereocenters. The summed E-state index contributed by atoms with van der Waals surface area (Å²) in [6, 6.07) is 7.71. The molecule has 1 aromatic carbocycles.